The fourth-order valence-electron chi connectivity index (χ4n) is 5.89. The second-order valence-corrected chi connectivity index (χ2v) is 13.4. The van der Waals surface area contributed by atoms with Gasteiger partial charge in [-0.05, 0) is 84.1 Å². The summed E-state index contributed by atoms with van der Waals surface area (Å²) < 4.78 is 29.5. The van der Waals surface area contributed by atoms with Crippen LogP contribution in [0.5, 0.6) is 0 Å². The Balaban J connectivity index is 1.25. The van der Waals surface area contributed by atoms with Crippen molar-refractivity contribution in [1.82, 2.24) is 9.21 Å². The van der Waals surface area contributed by atoms with E-state index in [1.807, 2.05) is 35.2 Å². The molecule has 0 saturated carbocycles. The van der Waals surface area contributed by atoms with Gasteiger partial charge >= 0.3 is 0 Å². The van der Waals surface area contributed by atoms with Crippen molar-refractivity contribution >= 4 is 54.9 Å². The molecule has 40 heavy (non-hydrogen) atoms. The minimum Gasteiger partial charge on any atom is -0.368 e. The van der Waals surface area contributed by atoms with Crippen LogP contribution in [-0.2, 0) is 26.0 Å². The highest BCUT2D eigenvalue weighted by Gasteiger charge is 2.37. The molecule has 0 aromatic heterocycles. The Morgan fingerprint density at radius 3 is 2.33 bits per heavy atom. The Morgan fingerprint density at radius 2 is 1.68 bits per heavy atom. The molecule has 3 heterocycles. The molecule has 0 aliphatic carbocycles. The molecule has 3 aliphatic rings. The van der Waals surface area contributed by atoms with E-state index in [0.29, 0.717) is 80.7 Å². The van der Waals surface area contributed by atoms with Gasteiger partial charge in [-0.2, -0.15) is 4.31 Å². The first-order chi connectivity index (χ1) is 19.1. The number of carbonyl (C=O) groups excluding carboxylic acids is 3. The van der Waals surface area contributed by atoms with Gasteiger partial charge in [0, 0.05) is 73.6 Å². The van der Waals surface area contributed by atoms with E-state index in [9.17, 15) is 22.8 Å². The van der Waals surface area contributed by atoms with Gasteiger partial charge in [0.05, 0.1) is 10.8 Å². The molecule has 0 unspecified atom stereocenters. The highest BCUT2D eigenvalue weighted by molar-refractivity contribution is 9.10. The van der Waals surface area contributed by atoms with E-state index < -0.39 is 15.9 Å². The third-order valence-corrected chi connectivity index (χ3v) is 11.0. The molecule has 1 atom stereocenters. The van der Waals surface area contributed by atoms with Gasteiger partial charge in [0.15, 0.2) is 5.78 Å². The average Bonchev–Trinajstić information content (AvgIpc) is 3.38. The molecule has 2 fully saturated rings. The number of amides is 2. The van der Waals surface area contributed by atoms with Gasteiger partial charge in [-0.25, -0.2) is 8.42 Å². The highest BCUT2D eigenvalue weighted by Crippen LogP contribution is 2.38. The van der Waals surface area contributed by atoms with Crippen LogP contribution in [0.4, 0.5) is 11.4 Å². The monoisotopic (exact) mass is 630 g/mol. The average molecular weight is 632 g/mol. The van der Waals surface area contributed by atoms with Crippen LogP contribution >= 0.6 is 15.9 Å². The van der Waals surface area contributed by atoms with Gasteiger partial charge in [0.1, 0.15) is 0 Å². The quantitative estimate of drug-likeness (QED) is 0.452. The van der Waals surface area contributed by atoms with Crippen LogP contribution in [0, 0.1) is 5.92 Å². The number of benzene rings is 2. The van der Waals surface area contributed by atoms with Crippen molar-refractivity contribution in [2.45, 2.75) is 44.4 Å². The van der Waals surface area contributed by atoms with E-state index in [4.69, 9.17) is 0 Å². The molecule has 214 valence electrons. The molecule has 2 aromatic carbocycles. The van der Waals surface area contributed by atoms with E-state index in [-0.39, 0.29) is 29.0 Å². The SMILES string of the molecule is CCC(=O)N1CCc2cc(Br)c(S(=O)(=O)N3CCC[C@@H](C(=O)N4CCN(c5ccc(C(C)=O)cc5)CC4)C3)cc21. The van der Waals surface area contributed by atoms with Gasteiger partial charge in [-0.1, -0.05) is 6.92 Å². The Morgan fingerprint density at radius 1 is 0.975 bits per heavy atom. The number of anilines is 2. The van der Waals surface area contributed by atoms with Crippen LogP contribution < -0.4 is 9.80 Å². The molecule has 0 spiro atoms. The molecule has 11 heteroatoms. The number of piperazine rings is 1. The first kappa shape index (κ1) is 28.8. The van der Waals surface area contributed by atoms with Crippen LogP contribution in [0.15, 0.2) is 45.8 Å². The van der Waals surface area contributed by atoms with Crippen LogP contribution in [0.3, 0.4) is 0 Å². The fraction of sp³-hybridized carbons (Fsp3) is 0.483. The Hall–Kier alpha value is -2.76. The van der Waals surface area contributed by atoms with Gasteiger partial charge in [0.25, 0.3) is 0 Å². The molecule has 0 bridgehead atoms. The summed E-state index contributed by atoms with van der Waals surface area (Å²) in [6.45, 7) is 6.88. The predicted octanol–water partition coefficient (Wildman–Crippen LogP) is 3.70. The van der Waals surface area contributed by atoms with E-state index in [0.717, 1.165) is 11.3 Å². The van der Waals surface area contributed by atoms with Crippen LogP contribution in [-0.4, -0.2) is 81.0 Å². The zero-order valence-corrected chi connectivity index (χ0v) is 25.3. The standard InChI is InChI=1S/C29H35BrN4O5S/c1-3-28(36)34-12-10-22-17-25(30)27(18-26(22)34)40(38,39)33-11-4-5-23(19-33)29(37)32-15-13-31(14-16-32)24-8-6-21(7-9-24)20(2)35/h6-9,17-18,23H,3-5,10-16,19H2,1-2H3/t23-/m1/s1. The van der Waals surface area contributed by atoms with Crippen molar-refractivity contribution in [3.8, 4) is 0 Å². The number of fused-ring (bicyclic) bond motifs is 1. The summed E-state index contributed by atoms with van der Waals surface area (Å²) >= 11 is 3.46. The minimum atomic E-state index is -3.88. The number of rotatable bonds is 6. The molecule has 0 radical (unpaired) electrons. The lowest BCUT2D eigenvalue weighted by Crippen LogP contribution is -2.53. The summed E-state index contributed by atoms with van der Waals surface area (Å²) in [5.74, 6) is -0.389. The number of ketones is 1. The van der Waals surface area contributed by atoms with Gasteiger partial charge < -0.3 is 14.7 Å². The Kier molecular flexibility index (Phi) is 8.35. The van der Waals surface area contributed by atoms with Crippen molar-refractivity contribution in [2.75, 3.05) is 55.6 Å². The topological polar surface area (TPSA) is 98.3 Å². The molecule has 5 rings (SSSR count). The second-order valence-electron chi connectivity index (χ2n) is 10.7. The van der Waals surface area contributed by atoms with Crippen molar-refractivity contribution in [1.29, 1.82) is 0 Å². The van der Waals surface area contributed by atoms with Crippen molar-refractivity contribution < 1.29 is 22.8 Å². The van der Waals surface area contributed by atoms with Crippen LogP contribution in [0.1, 0.15) is 49.0 Å². The summed E-state index contributed by atoms with van der Waals surface area (Å²) in [5.41, 5.74) is 3.31. The lowest BCUT2D eigenvalue weighted by Gasteiger charge is -2.39. The number of sulfonamides is 1. The first-order valence-corrected chi connectivity index (χ1v) is 16.1. The Labute approximate surface area is 244 Å². The largest absolute Gasteiger partial charge is 0.368 e. The molecular formula is C29H35BrN4O5S. The maximum atomic E-state index is 13.8. The van der Waals surface area contributed by atoms with Gasteiger partial charge in [-0.15, -0.1) is 0 Å². The summed E-state index contributed by atoms with van der Waals surface area (Å²) in [5, 5.41) is 0. The second kappa shape index (κ2) is 11.6. The van der Waals surface area contributed by atoms with Gasteiger partial charge in [0.2, 0.25) is 21.8 Å². The first-order valence-electron chi connectivity index (χ1n) is 13.9. The summed E-state index contributed by atoms with van der Waals surface area (Å²) in [7, 11) is -3.88. The van der Waals surface area contributed by atoms with Crippen LogP contribution in [0.2, 0.25) is 0 Å². The number of hydrogen-bond acceptors (Lipinski definition) is 6. The van der Waals surface area contributed by atoms with Crippen LogP contribution in [0.25, 0.3) is 0 Å². The third-order valence-electron chi connectivity index (χ3n) is 8.21. The smallest absolute Gasteiger partial charge is 0.244 e. The molecule has 2 amide bonds. The number of hydrogen-bond donors (Lipinski definition) is 0. The number of Topliss-reactive ketones (excluding diaryl/α,β-unsaturated/α-hetero) is 1. The molecule has 9 nitrogen and oxygen atoms in total. The van der Waals surface area contributed by atoms with Crippen molar-refractivity contribution in [3.63, 3.8) is 0 Å². The highest BCUT2D eigenvalue weighted by atomic mass is 79.9. The lowest BCUT2D eigenvalue weighted by molar-refractivity contribution is -0.137. The number of carbonyl (C=O) groups is 3. The van der Waals surface area contributed by atoms with E-state index in [2.05, 4.69) is 20.8 Å². The van der Waals surface area contributed by atoms with E-state index in [1.165, 1.54) is 4.31 Å². The molecular weight excluding hydrogens is 596 g/mol. The van der Waals surface area contributed by atoms with E-state index in [1.54, 1.807) is 24.8 Å². The summed E-state index contributed by atoms with van der Waals surface area (Å²) in [6, 6.07) is 10.9. The molecule has 2 saturated heterocycles. The lowest BCUT2D eigenvalue weighted by atomic mass is 9.97. The maximum absolute atomic E-state index is 13.8. The molecule has 0 N–H and O–H groups in total. The number of nitrogens with zero attached hydrogens (tertiary/aromatic N) is 4. The summed E-state index contributed by atoms with van der Waals surface area (Å²) in [4.78, 5) is 43.3. The number of piperidine rings is 1. The van der Waals surface area contributed by atoms with E-state index >= 15 is 0 Å². The number of halogens is 1. The molecule has 3 aliphatic heterocycles. The van der Waals surface area contributed by atoms with Gasteiger partial charge in [-0.3, -0.25) is 14.4 Å². The third kappa shape index (κ3) is 5.56. The fourth-order valence-corrected chi connectivity index (χ4v) is 8.48. The maximum Gasteiger partial charge on any atom is 0.244 e. The summed E-state index contributed by atoms with van der Waals surface area (Å²) in [6.07, 6.45) is 2.31. The van der Waals surface area contributed by atoms with Crippen molar-refractivity contribution in [2.24, 2.45) is 5.92 Å². The predicted molar refractivity (Wildman–Crippen MR) is 157 cm³/mol. The zero-order chi connectivity index (χ0) is 28.6. The minimum absolute atomic E-state index is 0.000728. The molecule has 2 aromatic rings. The van der Waals surface area contributed by atoms with Crippen molar-refractivity contribution in [3.05, 3.63) is 52.0 Å². The zero-order valence-electron chi connectivity index (χ0n) is 22.9. The normalized spacial score (nSPS) is 20.0. The Bertz CT molecular complexity index is 1420.